The Hall–Kier alpha value is -1.71. The van der Waals surface area contributed by atoms with Gasteiger partial charge >= 0.3 is 0 Å². The van der Waals surface area contributed by atoms with E-state index in [1.165, 1.54) is 6.07 Å². The van der Waals surface area contributed by atoms with Crippen LogP contribution in [0.5, 0.6) is 5.75 Å². The number of benzene rings is 1. The van der Waals surface area contributed by atoms with E-state index in [4.69, 9.17) is 5.73 Å². The van der Waals surface area contributed by atoms with Crippen molar-refractivity contribution in [2.24, 2.45) is 0 Å². The Morgan fingerprint density at radius 2 is 2.21 bits per heavy atom. The number of nitrogen functional groups attached to an aromatic ring is 1. The van der Waals surface area contributed by atoms with Crippen LogP contribution >= 0.6 is 0 Å². The predicted molar refractivity (Wildman–Crippen MR) is 54.7 cm³/mol. The molecule has 0 saturated carbocycles. The van der Waals surface area contributed by atoms with Gasteiger partial charge in [-0.05, 0) is 6.07 Å². The average molecular weight is 192 g/mol. The fourth-order valence-electron chi connectivity index (χ4n) is 1.77. The lowest BCUT2D eigenvalue weighted by Gasteiger charge is -2.27. The number of anilines is 2. The molecular weight excluding hydrogens is 180 g/mol. The van der Waals surface area contributed by atoms with Crippen LogP contribution in [0, 0.1) is 0 Å². The molecule has 2 rings (SSSR count). The maximum absolute atomic E-state index is 11.5. The third-order valence-electron chi connectivity index (χ3n) is 2.47. The molecule has 0 saturated heterocycles. The van der Waals surface area contributed by atoms with Crippen LogP contribution in [-0.2, 0) is 0 Å². The molecule has 4 heteroatoms. The van der Waals surface area contributed by atoms with Gasteiger partial charge < -0.3 is 15.7 Å². The Bertz CT molecular complexity index is 401. The quantitative estimate of drug-likeness (QED) is 0.602. The van der Waals surface area contributed by atoms with E-state index in [1.807, 2.05) is 11.9 Å². The van der Waals surface area contributed by atoms with Gasteiger partial charge in [0, 0.05) is 37.3 Å². The minimum absolute atomic E-state index is 0.0423. The molecule has 14 heavy (non-hydrogen) atoms. The summed E-state index contributed by atoms with van der Waals surface area (Å²) in [5.74, 6) is 0.122. The SMILES string of the molecule is CN1CCC(=O)c2cc(N)cc(O)c21. The molecule has 74 valence electrons. The van der Waals surface area contributed by atoms with E-state index in [-0.39, 0.29) is 11.5 Å². The van der Waals surface area contributed by atoms with Crippen LogP contribution in [0.2, 0.25) is 0 Å². The molecular formula is C10H12N2O2. The van der Waals surface area contributed by atoms with Gasteiger partial charge in [0.2, 0.25) is 0 Å². The number of hydrogen-bond donors (Lipinski definition) is 2. The topological polar surface area (TPSA) is 66.6 Å². The number of phenols is 1. The van der Waals surface area contributed by atoms with Crippen LogP contribution in [0.4, 0.5) is 11.4 Å². The fourth-order valence-corrected chi connectivity index (χ4v) is 1.77. The van der Waals surface area contributed by atoms with E-state index in [2.05, 4.69) is 0 Å². The largest absolute Gasteiger partial charge is 0.506 e. The van der Waals surface area contributed by atoms with Crippen LogP contribution in [0.1, 0.15) is 16.8 Å². The highest BCUT2D eigenvalue weighted by molar-refractivity contribution is 6.05. The zero-order chi connectivity index (χ0) is 10.3. The summed E-state index contributed by atoms with van der Waals surface area (Å²) < 4.78 is 0. The summed E-state index contributed by atoms with van der Waals surface area (Å²) in [6.45, 7) is 0.642. The first kappa shape index (κ1) is 8.87. The summed E-state index contributed by atoms with van der Waals surface area (Å²) >= 11 is 0. The van der Waals surface area contributed by atoms with Crippen molar-refractivity contribution in [2.75, 3.05) is 24.2 Å². The maximum atomic E-state index is 11.5. The first-order valence-electron chi connectivity index (χ1n) is 4.46. The highest BCUT2D eigenvalue weighted by Gasteiger charge is 2.23. The lowest BCUT2D eigenvalue weighted by Crippen LogP contribution is -2.28. The molecule has 0 unspecified atom stereocenters. The number of Topliss-reactive ketones (excluding diaryl/α,β-unsaturated/α-hetero) is 1. The van der Waals surface area contributed by atoms with Gasteiger partial charge in [0.1, 0.15) is 5.75 Å². The third-order valence-corrected chi connectivity index (χ3v) is 2.47. The van der Waals surface area contributed by atoms with Crippen LogP contribution in [-0.4, -0.2) is 24.5 Å². The molecule has 0 aromatic heterocycles. The number of phenolic OH excluding ortho intramolecular Hbond substituents is 1. The number of rotatable bonds is 0. The molecule has 0 amide bonds. The molecule has 0 atom stereocenters. The van der Waals surface area contributed by atoms with E-state index in [0.717, 1.165) is 0 Å². The number of nitrogens with zero attached hydrogens (tertiary/aromatic N) is 1. The molecule has 0 fully saturated rings. The summed E-state index contributed by atoms with van der Waals surface area (Å²) in [4.78, 5) is 13.4. The number of hydrogen-bond acceptors (Lipinski definition) is 4. The Balaban J connectivity index is 2.66. The number of carbonyl (C=O) groups excluding carboxylic acids is 1. The molecule has 0 spiro atoms. The summed E-state index contributed by atoms with van der Waals surface area (Å²) in [5.41, 5.74) is 7.10. The second kappa shape index (κ2) is 2.90. The monoisotopic (exact) mass is 192 g/mol. The van der Waals surface area contributed by atoms with Crippen molar-refractivity contribution in [3.63, 3.8) is 0 Å². The molecule has 1 aliphatic heterocycles. The smallest absolute Gasteiger partial charge is 0.166 e. The average Bonchev–Trinajstić information content (AvgIpc) is 2.10. The molecule has 1 aromatic rings. The van der Waals surface area contributed by atoms with Crippen molar-refractivity contribution < 1.29 is 9.90 Å². The number of ketones is 1. The minimum Gasteiger partial charge on any atom is -0.506 e. The van der Waals surface area contributed by atoms with Crippen molar-refractivity contribution in [1.82, 2.24) is 0 Å². The van der Waals surface area contributed by atoms with Crippen molar-refractivity contribution in [1.29, 1.82) is 0 Å². The molecule has 0 radical (unpaired) electrons. The lowest BCUT2D eigenvalue weighted by molar-refractivity contribution is 0.0980. The van der Waals surface area contributed by atoms with Crippen LogP contribution in [0.25, 0.3) is 0 Å². The van der Waals surface area contributed by atoms with E-state index in [1.54, 1.807) is 6.07 Å². The number of fused-ring (bicyclic) bond motifs is 1. The van der Waals surface area contributed by atoms with E-state index >= 15 is 0 Å². The van der Waals surface area contributed by atoms with Crippen molar-refractivity contribution >= 4 is 17.2 Å². The van der Waals surface area contributed by atoms with E-state index in [0.29, 0.717) is 29.9 Å². The minimum atomic E-state index is 0.0423. The molecule has 4 nitrogen and oxygen atoms in total. The fraction of sp³-hybridized carbons (Fsp3) is 0.300. The molecule has 1 aromatic carbocycles. The molecule has 3 N–H and O–H groups in total. The Morgan fingerprint density at radius 1 is 1.50 bits per heavy atom. The van der Waals surface area contributed by atoms with Crippen LogP contribution in [0.15, 0.2) is 12.1 Å². The number of nitrogens with two attached hydrogens (primary N) is 1. The van der Waals surface area contributed by atoms with Gasteiger partial charge in [-0.2, -0.15) is 0 Å². The van der Waals surface area contributed by atoms with Gasteiger partial charge in [0.05, 0.1) is 5.69 Å². The molecule has 1 heterocycles. The Morgan fingerprint density at radius 3 is 2.93 bits per heavy atom. The normalized spacial score (nSPS) is 15.5. The van der Waals surface area contributed by atoms with Gasteiger partial charge in [-0.3, -0.25) is 4.79 Å². The summed E-state index contributed by atoms with van der Waals surface area (Å²) in [6, 6.07) is 3.08. The zero-order valence-electron chi connectivity index (χ0n) is 7.95. The van der Waals surface area contributed by atoms with Crippen molar-refractivity contribution in [3.8, 4) is 5.75 Å². The summed E-state index contributed by atoms with van der Waals surface area (Å²) in [7, 11) is 1.85. The standard InChI is InChI=1S/C10H12N2O2/c1-12-3-2-8(13)7-4-6(11)5-9(14)10(7)12/h4-5,14H,2-3,11H2,1H3. The van der Waals surface area contributed by atoms with Gasteiger partial charge in [-0.25, -0.2) is 0 Å². The Kier molecular flexibility index (Phi) is 1.84. The number of aromatic hydroxyl groups is 1. The second-order valence-electron chi connectivity index (χ2n) is 3.53. The first-order valence-corrected chi connectivity index (χ1v) is 4.46. The highest BCUT2D eigenvalue weighted by Crippen LogP contribution is 2.36. The van der Waals surface area contributed by atoms with Crippen LogP contribution < -0.4 is 10.6 Å². The summed E-state index contributed by atoms with van der Waals surface area (Å²) in [5, 5.41) is 9.65. The maximum Gasteiger partial charge on any atom is 0.166 e. The first-order chi connectivity index (χ1) is 6.59. The summed E-state index contributed by atoms with van der Waals surface area (Å²) in [6.07, 6.45) is 0.479. The van der Waals surface area contributed by atoms with E-state index < -0.39 is 0 Å². The van der Waals surface area contributed by atoms with Crippen molar-refractivity contribution in [3.05, 3.63) is 17.7 Å². The van der Waals surface area contributed by atoms with Gasteiger partial charge in [0.15, 0.2) is 5.78 Å². The van der Waals surface area contributed by atoms with Crippen molar-refractivity contribution in [2.45, 2.75) is 6.42 Å². The predicted octanol–water partition coefficient (Wildman–Crippen LogP) is 0.997. The van der Waals surface area contributed by atoms with Gasteiger partial charge in [0.25, 0.3) is 0 Å². The molecule has 0 aliphatic carbocycles. The highest BCUT2D eigenvalue weighted by atomic mass is 16.3. The second-order valence-corrected chi connectivity index (χ2v) is 3.53. The van der Waals surface area contributed by atoms with Gasteiger partial charge in [-0.1, -0.05) is 0 Å². The third kappa shape index (κ3) is 1.19. The zero-order valence-corrected chi connectivity index (χ0v) is 7.95. The van der Waals surface area contributed by atoms with Crippen LogP contribution in [0.3, 0.4) is 0 Å². The van der Waals surface area contributed by atoms with E-state index in [9.17, 15) is 9.90 Å². The lowest BCUT2D eigenvalue weighted by atomic mass is 9.99. The number of carbonyl (C=O) groups is 1. The molecule has 1 aliphatic rings. The Labute approximate surface area is 81.9 Å². The van der Waals surface area contributed by atoms with Gasteiger partial charge in [-0.15, -0.1) is 0 Å². The molecule has 0 bridgehead atoms.